The van der Waals surface area contributed by atoms with Crippen LogP contribution < -0.4 is 0 Å². The van der Waals surface area contributed by atoms with Crippen molar-refractivity contribution in [1.82, 2.24) is 9.78 Å². The zero-order valence-electron chi connectivity index (χ0n) is 15.3. The van der Waals surface area contributed by atoms with Crippen LogP contribution in [0.2, 0.25) is 5.02 Å². The second kappa shape index (κ2) is 6.76. The number of halogens is 1. The van der Waals surface area contributed by atoms with E-state index < -0.39 is 5.78 Å². The van der Waals surface area contributed by atoms with Crippen LogP contribution in [-0.4, -0.2) is 20.7 Å². The molecule has 6 nitrogen and oxygen atoms in total. The van der Waals surface area contributed by atoms with Crippen molar-refractivity contribution in [1.29, 1.82) is 5.26 Å². The molecule has 30 heavy (non-hydrogen) atoms. The van der Waals surface area contributed by atoms with E-state index in [1.165, 1.54) is 23.2 Å². The fourth-order valence-corrected chi connectivity index (χ4v) is 3.62. The van der Waals surface area contributed by atoms with Crippen LogP contribution in [0.25, 0.3) is 27.4 Å². The van der Waals surface area contributed by atoms with Gasteiger partial charge in [-0.3, -0.25) is 4.79 Å². The molecule has 7 heteroatoms. The van der Waals surface area contributed by atoms with Crippen molar-refractivity contribution in [2.24, 2.45) is 0 Å². The number of aromatic hydroxyl groups is 1. The highest BCUT2D eigenvalue weighted by Crippen LogP contribution is 2.36. The van der Waals surface area contributed by atoms with Gasteiger partial charge < -0.3 is 9.52 Å². The van der Waals surface area contributed by atoms with Gasteiger partial charge in [-0.2, -0.15) is 10.4 Å². The molecule has 2 heterocycles. The molecule has 144 valence electrons. The van der Waals surface area contributed by atoms with Crippen molar-refractivity contribution >= 4 is 39.1 Å². The number of ketones is 1. The number of phenols is 1. The van der Waals surface area contributed by atoms with Crippen LogP contribution in [0.15, 0.2) is 71.5 Å². The van der Waals surface area contributed by atoms with E-state index in [0.29, 0.717) is 32.5 Å². The highest BCUT2D eigenvalue weighted by Gasteiger charge is 2.24. The van der Waals surface area contributed by atoms with Gasteiger partial charge in [-0.05, 0) is 30.3 Å². The van der Waals surface area contributed by atoms with Gasteiger partial charge in [0.25, 0.3) is 0 Å². The highest BCUT2D eigenvalue weighted by atomic mass is 35.5. The minimum Gasteiger partial charge on any atom is -0.507 e. The number of fused-ring (bicyclic) bond motifs is 3. The summed E-state index contributed by atoms with van der Waals surface area (Å²) in [4.78, 5) is 13.3. The van der Waals surface area contributed by atoms with Gasteiger partial charge in [0.05, 0.1) is 11.3 Å². The Labute approximate surface area is 175 Å². The number of hydrogen-bond donors (Lipinski definition) is 1. The number of nitriles is 1. The number of carbonyl (C=O) groups is 1. The summed E-state index contributed by atoms with van der Waals surface area (Å²) in [6, 6.07) is 17.6. The summed E-state index contributed by atoms with van der Waals surface area (Å²) in [6.45, 7) is 0. The van der Waals surface area contributed by atoms with Gasteiger partial charge >= 0.3 is 0 Å². The van der Waals surface area contributed by atoms with Crippen LogP contribution >= 0.6 is 11.6 Å². The predicted octanol–water partition coefficient (Wildman–Crippen LogP) is 5.23. The number of carbonyl (C=O) groups excluding carboxylic acids is 1. The number of benzene rings is 3. The Balaban J connectivity index is 1.66. The molecule has 0 aliphatic rings. The van der Waals surface area contributed by atoms with Crippen molar-refractivity contribution in [3.8, 4) is 17.5 Å². The van der Waals surface area contributed by atoms with Crippen LogP contribution in [0, 0.1) is 11.3 Å². The van der Waals surface area contributed by atoms with Gasteiger partial charge in [0, 0.05) is 27.4 Å². The Bertz CT molecular complexity index is 1490. The van der Waals surface area contributed by atoms with Gasteiger partial charge in [0.1, 0.15) is 29.2 Å². The first kappa shape index (κ1) is 18.0. The second-order valence-corrected chi connectivity index (χ2v) is 7.16. The lowest BCUT2D eigenvalue weighted by molar-refractivity contribution is 0.103. The molecule has 0 bridgehead atoms. The fourth-order valence-electron chi connectivity index (χ4n) is 3.49. The van der Waals surface area contributed by atoms with Crippen molar-refractivity contribution in [2.45, 2.75) is 0 Å². The van der Waals surface area contributed by atoms with E-state index in [0.717, 1.165) is 0 Å². The molecule has 3 aromatic carbocycles. The topological polar surface area (TPSA) is 92.0 Å². The van der Waals surface area contributed by atoms with Crippen LogP contribution in [0.4, 0.5) is 0 Å². The quantitative estimate of drug-likeness (QED) is 0.409. The fraction of sp³-hybridized carbons (Fsp3) is 0. The molecule has 5 rings (SSSR count). The third kappa shape index (κ3) is 2.72. The molecule has 0 amide bonds. The largest absolute Gasteiger partial charge is 0.507 e. The molecule has 0 aliphatic carbocycles. The Morgan fingerprint density at radius 2 is 1.83 bits per heavy atom. The normalized spacial score (nSPS) is 11.1. The maximum absolute atomic E-state index is 13.3. The highest BCUT2D eigenvalue weighted by molar-refractivity contribution is 6.30. The van der Waals surface area contributed by atoms with Crippen molar-refractivity contribution < 1.29 is 14.3 Å². The number of furan rings is 1. The minimum atomic E-state index is -0.465. The van der Waals surface area contributed by atoms with E-state index in [1.54, 1.807) is 30.3 Å². The van der Waals surface area contributed by atoms with E-state index in [9.17, 15) is 15.2 Å². The Morgan fingerprint density at radius 3 is 2.57 bits per heavy atom. The molecule has 1 N–H and O–H groups in total. The standard InChI is InChI=1S/C23H12ClN3O3/c24-14-5-7-15(8-6-14)27-11-13(10-25)21(26-27)22(29)19-12-30-23-17-4-2-1-3-16(17)20(28)9-18(19)23/h1-9,11-12,28H. The average molecular weight is 414 g/mol. The maximum atomic E-state index is 13.3. The summed E-state index contributed by atoms with van der Waals surface area (Å²) >= 11 is 5.92. The van der Waals surface area contributed by atoms with Crippen LogP contribution in [0.5, 0.6) is 5.75 Å². The van der Waals surface area contributed by atoms with Crippen molar-refractivity contribution in [3.05, 3.63) is 88.9 Å². The molecule has 0 saturated carbocycles. The van der Waals surface area contributed by atoms with E-state index in [2.05, 4.69) is 5.10 Å². The Morgan fingerprint density at radius 1 is 1.10 bits per heavy atom. The Hall–Kier alpha value is -4.08. The summed E-state index contributed by atoms with van der Waals surface area (Å²) in [5, 5.41) is 26.6. The molecule has 0 fully saturated rings. The molecule has 0 atom stereocenters. The minimum absolute atomic E-state index is 0.00259. The lowest BCUT2D eigenvalue weighted by Gasteiger charge is -2.03. The van der Waals surface area contributed by atoms with E-state index >= 15 is 0 Å². The zero-order chi connectivity index (χ0) is 20.8. The summed E-state index contributed by atoms with van der Waals surface area (Å²) in [7, 11) is 0. The summed E-state index contributed by atoms with van der Waals surface area (Å²) in [5.74, 6) is -0.423. The number of rotatable bonds is 3. The molecule has 0 radical (unpaired) electrons. The monoisotopic (exact) mass is 413 g/mol. The molecule has 2 aromatic heterocycles. The third-order valence-electron chi connectivity index (χ3n) is 4.94. The van der Waals surface area contributed by atoms with Crippen LogP contribution in [-0.2, 0) is 0 Å². The number of aromatic nitrogens is 2. The number of hydrogen-bond acceptors (Lipinski definition) is 5. The van der Waals surface area contributed by atoms with Crippen molar-refractivity contribution in [2.75, 3.05) is 0 Å². The summed E-state index contributed by atoms with van der Waals surface area (Å²) in [6.07, 6.45) is 2.83. The van der Waals surface area contributed by atoms with Gasteiger partial charge in [0.2, 0.25) is 5.78 Å². The van der Waals surface area contributed by atoms with Gasteiger partial charge in [-0.25, -0.2) is 4.68 Å². The van der Waals surface area contributed by atoms with Gasteiger partial charge in [0.15, 0.2) is 5.69 Å². The molecule has 0 spiro atoms. The number of phenolic OH excluding ortho intramolecular Hbond substituents is 1. The zero-order valence-corrected chi connectivity index (χ0v) is 16.1. The average Bonchev–Trinajstić information content (AvgIpc) is 3.38. The van der Waals surface area contributed by atoms with Gasteiger partial charge in [-0.1, -0.05) is 35.9 Å². The first-order chi connectivity index (χ1) is 14.6. The molecule has 0 unspecified atom stereocenters. The maximum Gasteiger partial charge on any atom is 0.218 e. The van der Waals surface area contributed by atoms with Crippen molar-refractivity contribution in [3.63, 3.8) is 0 Å². The van der Waals surface area contributed by atoms with E-state index in [4.69, 9.17) is 16.0 Å². The summed E-state index contributed by atoms with van der Waals surface area (Å²) in [5.41, 5.74) is 1.51. The molecular weight excluding hydrogens is 402 g/mol. The molecular formula is C23H12ClN3O3. The van der Waals surface area contributed by atoms with Gasteiger partial charge in [-0.15, -0.1) is 0 Å². The molecule has 0 saturated heterocycles. The van der Waals surface area contributed by atoms with E-state index in [1.807, 2.05) is 24.3 Å². The smallest absolute Gasteiger partial charge is 0.218 e. The second-order valence-electron chi connectivity index (χ2n) is 6.72. The third-order valence-corrected chi connectivity index (χ3v) is 5.20. The molecule has 5 aromatic rings. The van der Waals surface area contributed by atoms with Crippen LogP contribution in [0.1, 0.15) is 21.6 Å². The SMILES string of the molecule is N#Cc1cn(-c2ccc(Cl)cc2)nc1C(=O)c1coc2c1cc(O)c1ccccc12. The Kier molecular flexibility index (Phi) is 4.05. The van der Waals surface area contributed by atoms with E-state index in [-0.39, 0.29) is 22.6 Å². The first-order valence-corrected chi connectivity index (χ1v) is 9.37. The first-order valence-electron chi connectivity index (χ1n) is 8.99. The number of nitrogens with zero attached hydrogens (tertiary/aromatic N) is 3. The molecule has 0 aliphatic heterocycles. The lowest BCUT2D eigenvalue weighted by atomic mass is 10.0. The summed E-state index contributed by atoms with van der Waals surface area (Å²) < 4.78 is 7.13. The van der Waals surface area contributed by atoms with Crippen LogP contribution in [0.3, 0.4) is 0 Å². The lowest BCUT2D eigenvalue weighted by Crippen LogP contribution is -2.05. The predicted molar refractivity (Wildman–Crippen MR) is 112 cm³/mol.